The topological polar surface area (TPSA) is 121 Å². The van der Waals surface area contributed by atoms with E-state index in [2.05, 4.69) is 25.4 Å². The normalized spacial score (nSPS) is 18.1. The quantitative estimate of drug-likeness (QED) is 0.407. The molecule has 2 aliphatic heterocycles. The van der Waals surface area contributed by atoms with Crippen molar-refractivity contribution in [3.05, 3.63) is 64.1 Å². The predicted octanol–water partition coefficient (Wildman–Crippen LogP) is 2.78. The lowest BCUT2D eigenvalue weighted by Gasteiger charge is -2.27. The Morgan fingerprint density at radius 1 is 1.23 bits per heavy atom. The standard InChI is InChI=1S/C24H26N6O5/c1-15(23-26-27-28-30(23)13-19-5-3-7-33-19)29(12-18-4-2-6-32-18)11-17-8-16-9-21-22(35-14-34-21)10-20(16)25-24(17)31/h2,4,6,8-10,15,19H,3,5,7,11-14H2,1H3,(H,25,31)/t15-,19-/m1/s1. The highest BCUT2D eigenvalue weighted by Gasteiger charge is 2.26. The predicted molar refractivity (Wildman–Crippen MR) is 124 cm³/mol. The van der Waals surface area contributed by atoms with Gasteiger partial charge in [-0.25, -0.2) is 4.68 Å². The Kier molecular flexibility index (Phi) is 5.71. The SMILES string of the molecule is C[C@H](c1nnnn1C[C@H]1CCCO1)N(Cc1ccco1)Cc1cc2cc3c(cc2[nH]c1=O)OCO3. The molecular formula is C24H26N6O5. The molecule has 3 aromatic heterocycles. The molecule has 0 saturated carbocycles. The Balaban J connectivity index is 1.31. The minimum atomic E-state index is -0.191. The van der Waals surface area contributed by atoms with Gasteiger partial charge in [0.15, 0.2) is 17.3 Å². The maximum Gasteiger partial charge on any atom is 0.252 e. The summed E-state index contributed by atoms with van der Waals surface area (Å²) in [5, 5.41) is 13.3. The van der Waals surface area contributed by atoms with E-state index in [1.165, 1.54) is 0 Å². The number of hydrogen-bond acceptors (Lipinski definition) is 9. The van der Waals surface area contributed by atoms with Gasteiger partial charge in [-0.05, 0) is 54.5 Å². The van der Waals surface area contributed by atoms with Gasteiger partial charge in [-0.3, -0.25) is 9.69 Å². The number of furan rings is 1. The maximum atomic E-state index is 13.0. The molecule has 1 fully saturated rings. The smallest absolute Gasteiger partial charge is 0.252 e. The van der Waals surface area contributed by atoms with Crippen molar-refractivity contribution in [3.63, 3.8) is 0 Å². The van der Waals surface area contributed by atoms with Crippen LogP contribution in [0, 0.1) is 0 Å². The summed E-state index contributed by atoms with van der Waals surface area (Å²) in [4.78, 5) is 18.1. The molecule has 1 N–H and O–H groups in total. The zero-order valence-corrected chi connectivity index (χ0v) is 19.3. The fourth-order valence-corrected chi connectivity index (χ4v) is 4.70. The third-order valence-corrected chi connectivity index (χ3v) is 6.61. The zero-order chi connectivity index (χ0) is 23.8. The van der Waals surface area contributed by atoms with Crippen molar-refractivity contribution in [2.24, 2.45) is 0 Å². The van der Waals surface area contributed by atoms with Crippen LogP contribution in [-0.2, 0) is 24.4 Å². The van der Waals surface area contributed by atoms with E-state index in [1.54, 1.807) is 17.0 Å². The average molecular weight is 479 g/mol. The van der Waals surface area contributed by atoms with Gasteiger partial charge in [-0.15, -0.1) is 5.10 Å². The van der Waals surface area contributed by atoms with Crippen LogP contribution in [0.2, 0.25) is 0 Å². The Morgan fingerprint density at radius 3 is 2.91 bits per heavy atom. The van der Waals surface area contributed by atoms with Crippen molar-refractivity contribution in [2.45, 2.75) is 51.5 Å². The number of benzene rings is 1. The number of hydrogen-bond donors (Lipinski definition) is 1. The summed E-state index contributed by atoms with van der Waals surface area (Å²) in [5.41, 5.74) is 1.16. The van der Waals surface area contributed by atoms with Crippen LogP contribution in [0.1, 0.15) is 43.0 Å². The molecule has 2 atom stereocenters. The molecule has 0 radical (unpaired) electrons. The molecule has 182 valence electrons. The molecule has 0 bridgehead atoms. The molecule has 2 aliphatic rings. The molecule has 0 aliphatic carbocycles. The van der Waals surface area contributed by atoms with Gasteiger partial charge in [0, 0.05) is 30.2 Å². The van der Waals surface area contributed by atoms with E-state index >= 15 is 0 Å². The van der Waals surface area contributed by atoms with Crippen LogP contribution in [0.3, 0.4) is 0 Å². The second-order valence-corrected chi connectivity index (χ2v) is 8.93. The molecule has 11 heteroatoms. The van der Waals surface area contributed by atoms with Crippen molar-refractivity contribution in [1.29, 1.82) is 0 Å². The van der Waals surface area contributed by atoms with Crippen molar-refractivity contribution in [3.8, 4) is 11.5 Å². The second kappa shape index (κ2) is 9.16. The molecular weight excluding hydrogens is 452 g/mol. The van der Waals surface area contributed by atoms with E-state index in [0.717, 1.165) is 30.6 Å². The fourth-order valence-electron chi connectivity index (χ4n) is 4.70. The molecule has 0 spiro atoms. The third kappa shape index (κ3) is 4.40. The van der Waals surface area contributed by atoms with E-state index in [0.29, 0.717) is 48.0 Å². The number of nitrogens with zero attached hydrogens (tertiary/aromatic N) is 5. The number of H-pyrrole nitrogens is 1. The van der Waals surface area contributed by atoms with Gasteiger partial charge in [-0.2, -0.15) is 0 Å². The summed E-state index contributed by atoms with van der Waals surface area (Å²) in [6.45, 7) is 4.44. The van der Waals surface area contributed by atoms with Gasteiger partial charge in [0.25, 0.3) is 5.56 Å². The molecule has 4 aromatic rings. The van der Waals surface area contributed by atoms with Crippen LogP contribution in [-0.4, -0.2) is 49.6 Å². The van der Waals surface area contributed by atoms with Gasteiger partial charge in [0.05, 0.1) is 37.0 Å². The first-order valence-electron chi connectivity index (χ1n) is 11.7. The van der Waals surface area contributed by atoms with Gasteiger partial charge in [0.2, 0.25) is 6.79 Å². The van der Waals surface area contributed by atoms with Gasteiger partial charge in [-0.1, -0.05) is 0 Å². The Bertz CT molecular complexity index is 1380. The maximum absolute atomic E-state index is 13.0. The van der Waals surface area contributed by atoms with Crippen LogP contribution >= 0.6 is 0 Å². The van der Waals surface area contributed by atoms with Crippen LogP contribution < -0.4 is 15.0 Å². The molecule has 1 saturated heterocycles. The number of tetrazole rings is 1. The average Bonchev–Trinajstić information content (AvgIpc) is 3.65. The number of ether oxygens (including phenoxy) is 3. The van der Waals surface area contributed by atoms with Crippen LogP contribution in [0.15, 0.2) is 45.8 Å². The van der Waals surface area contributed by atoms with Gasteiger partial charge < -0.3 is 23.6 Å². The van der Waals surface area contributed by atoms with Gasteiger partial charge in [0.1, 0.15) is 5.76 Å². The number of pyridine rings is 1. The molecule has 11 nitrogen and oxygen atoms in total. The van der Waals surface area contributed by atoms with Crippen molar-refractivity contribution in [2.75, 3.05) is 13.4 Å². The number of fused-ring (bicyclic) bond motifs is 2. The minimum Gasteiger partial charge on any atom is -0.468 e. The fraction of sp³-hybridized carbons (Fsp3) is 0.417. The van der Waals surface area contributed by atoms with Gasteiger partial charge >= 0.3 is 0 Å². The first-order valence-corrected chi connectivity index (χ1v) is 11.7. The summed E-state index contributed by atoms with van der Waals surface area (Å²) in [6.07, 6.45) is 3.80. The molecule has 0 unspecified atom stereocenters. The largest absolute Gasteiger partial charge is 0.468 e. The van der Waals surface area contributed by atoms with E-state index in [4.69, 9.17) is 18.6 Å². The van der Waals surface area contributed by atoms with E-state index in [1.807, 2.05) is 31.2 Å². The first-order chi connectivity index (χ1) is 17.1. The van der Waals surface area contributed by atoms with Crippen LogP contribution in [0.25, 0.3) is 10.9 Å². The molecule has 6 rings (SSSR count). The zero-order valence-electron chi connectivity index (χ0n) is 19.3. The number of nitrogens with one attached hydrogen (secondary N) is 1. The summed E-state index contributed by atoms with van der Waals surface area (Å²) < 4.78 is 24.2. The molecule has 1 aromatic carbocycles. The Morgan fingerprint density at radius 2 is 2.11 bits per heavy atom. The summed E-state index contributed by atoms with van der Waals surface area (Å²) in [5.74, 6) is 2.81. The Hall–Kier alpha value is -3.70. The first kappa shape index (κ1) is 21.8. The highest BCUT2D eigenvalue weighted by molar-refractivity contribution is 5.83. The highest BCUT2D eigenvalue weighted by atomic mass is 16.7. The van der Waals surface area contributed by atoms with E-state index in [-0.39, 0.29) is 24.5 Å². The number of rotatable bonds is 8. The van der Waals surface area contributed by atoms with E-state index in [9.17, 15) is 4.79 Å². The van der Waals surface area contributed by atoms with Crippen molar-refractivity contribution < 1.29 is 18.6 Å². The summed E-state index contributed by atoms with van der Waals surface area (Å²) in [7, 11) is 0. The lowest BCUT2D eigenvalue weighted by molar-refractivity contribution is 0.0894. The molecule has 0 amide bonds. The Labute approximate surface area is 200 Å². The number of aromatic amines is 1. The summed E-state index contributed by atoms with van der Waals surface area (Å²) >= 11 is 0. The summed E-state index contributed by atoms with van der Waals surface area (Å²) in [6, 6.07) is 9.16. The monoisotopic (exact) mass is 478 g/mol. The molecule has 5 heterocycles. The lowest BCUT2D eigenvalue weighted by Crippen LogP contribution is -2.31. The second-order valence-electron chi connectivity index (χ2n) is 8.93. The van der Waals surface area contributed by atoms with Crippen molar-refractivity contribution >= 4 is 10.9 Å². The van der Waals surface area contributed by atoms with Crippen molar-refractivity contribution in [1.82, 2.24) is 30.1 Å². The lowest BCUT2D eigenvalue weighted by atomic mass is 10.1. The third-order valence-electron chi connectivity index (χ3n) is 6.61. The molecule has 35 heavy (non-hydrogen) atoms. The van der Waals surface area contributed by atoms with E-state index < -0.39 is 0 Å². The highest BCUT2D eigenvalue weighted by Crippen LogP contribution is 2.35. The minimum absolute atomic E-state index is 0.110. The van der Waals surface area contributed by atoms with Crippen LogP contribution in [0.4, 0.5) is 0 Å². The number of aromatic nitrogens is 5. The van der Waals surface area contributed by atoms with Crippen LogP contribution in [0.5, 0.6) is 11.5 Å².